The van der Waals surface area contributed by atoms with Gasteiger partial charge >= 0.3 is 0 Å². The normalized spacial score (nSPS) is 14.7. The van der Waals surface area contributed by atoms with Crippen LogP contribution in [0.15, 0.2) is 47.4 Å². The van der Waals surface area contributed by atoms with Crippen molar-refractivity contribution >= 4 is 37.3 Å². The third-order valence-corrected chi connectivity index (χ3v) is 6.52. The number of ether oxygens (including phenoxy) is 2. The Balaban J connectivity index is 1.42. The molecule has 1 aliphatic rings. The van der Waals surface area contributed by atoms with Crippen LogP contribution in [0.5, 0.6) is 10.9 Å². The van der Waals surface area contributed by atoms with E-state index in [1.807, 2.05) is 18.2 Å². The molecular formula is C19H18N2O5S2. The number of rotatable bonds is 5. The Kier molecular flexibility index (Phi) is 4.72. The van der Waals surface area contributed by atoms with E-state index in [0.29, 0.717) is 29.6 Å². The lowest BCUT2D eigenvalue weighted by atomic mass is 10.1. The average Bonchev–Trinajstić information content (AvgIpc) is 3.06. The van der Waals surface area contributed by atoms with E-state index < -0.39 is 9.84 Å². The van der Waals surface area contributed by atoms with Gasteiger partial charge in [0.15, 0.2) is 9.84 Å². The van der Waals surface area contributed by atoms with Crippen molar-refractivity contribution in [3.8, 4) is 10.9 Å². The number of aromatic nitrogens is 1. The van der Waals surface area contributed by atoms with Gasteiger partial charge in [0.2, 0.25) is 0 Å². The summed E-state index contributed by atoms with van der Waals surface area (Å²) in [4.78, 5) is 18.8. The first kappa shape index (κ1) is 18.7. The minimum Gasteiger partial charge on any atom is -0.494 e. The highest BCUT2D eigenvalue weighted by atomic mass is 32.2. The van der Waals surface area contributed by atoms with Crippen molar-refractivity contribution in [1.29, 1.82) is 0 Å². The van der Waals surface area contributed by atoms with Gasteiger partial charge in [0.1, 0.15) is 17.4 Å². The Labute approximate surface area is 166 Å². The molecule has 7 nitrogen and oxygen atoms in total. The highest BCUT2D eigenvalue weighted by molar-refractivity contribution is 7.90. The number of nitrogens with zero attached hydrogens (tertiary/aromatic N) is 2. The number of likely N-dealkylation sites (tertiary alicyclic amines) is 1. The first-order valence-electron chi connectivity index (χ1n) is 8.55. The molecule has 3 aromatic rings. The number of amides is 1. The predicted molar refractivity (Wildman–Crippen MR) is 106 cm³/mol. The summed E-state index contributed by atoms with van der Waals surface area (Å²) in [6.45, 7) is 0.851. The van der Waals surface area contributed by atoms with E-state index in [4.69, 9.17) is 9.47 Å². The van der Waals surface area contributed by atoms with Gasteiger partial charge in [-0.2, -0.15) is 4.98 Å². The number of hydrogen-bond acceptors (Lipinski definition) is 7. The van der Waals surface area contributed by atoms with Crippen LogP contribution in [0.1, 0.15) is 10.4 Å². The van der Waals surface area contributed by atoms with Gasteiger partial charge in [-0.1, -0.05) is 23.5 Å². The molecule has 0 aliphatic carbocycles. The first-order chi connectivity index (χ1) is 13.3. The molecule has 28 heavy (non-hydrogen) atoms. The fourth-order valence-corrected chi connectivity index (χ4v) is 4.55. The summed E-state index contributed by atoms with van der Waals surface area (Å²) >= 11 is 1.43. The number of carbonyl (C=O) groups excluding carboxylic acids is 1. The van der Waals surface area contributed by atoms with E-state index in [0.717, 1.165) is 16.5 Å². The summed E-state index contributed by atoms with van der Waals surface area (Å²) in [6.07, 6.45) is 0.977. The molecule has 1 amide bonds. The summed E-state index contributed by atoms with van der Waals surface area (Å²) in [5, 5.41) is 0.538. The molecular weight excluding hydrogens is 400 g/mol. The molecule has 0 spiro atoms. The molecule has 0 bridgehead atoms. The van der Waals surface area contributed by atoms with Crippen LogP contribution in [0.3, 0.4) is 0 Å². The largest absolute Gasteiger partial charge is 0.494 e. The molecule has 4 rings (SSSR count). The highest BCUT2D eigenvalue weighted by Crippen LogP contribution is 2.34. The lowest BCUT2D eigenvalue weighted by Crippen LogP contribution is -2.56. The van der Waals surface area contributed by atoms with Gasteiger partial charge in [-0.05, 0) is 30.3 Å². The molecule has 0 radical (unpaired) electrons. The number of methoxy groups -OCH3 is 1. The highest BCUT2D eigenvalue weighted by Gasteiger charge is 2.33. The fraction of sp³-hybridized carbons (Fsp3) is 0.263. The molecule has 0 saturated carbocycles. The molecule has 2 heterocycles. The monoisotopic (exact) mass is 418 g/mol. The molecule has 1 saturated heterocycles. The molecule has 2 aromatic carbocycles. The van der Waals surface area contributed by atoms with Gasteiger partial charge in [-0.3, -0.25) is 4.79 Å². The number of para-hydroxylation sites is 1. The quantitative estimate of drug-likeness (QED) is 0.633. The van der Waals surface area contributed by atoms with Crippen LogP contribution >= 0.6 is 11.3 Å². The maximum Gasteiger partial charge on any atom is 0.274 e. The minimum atomic E-state index is -3.36. The molecule has 146 valence electrons. The zero-order valence-corrected chi connectivity index (χ0v) is 16.9. The van der Waals surface area contributed by atoms with Gasteiger partial charge in [-0.25, -0.2) is 8.42 Å². The van der Waals surface area contributed by atoms with Crippen molar-refractivity contribution in [2.75, 3.05) is 26.5 Å². The minimum absolute atomic E-state index is 0.134. The van der Waals surface area contributed by atoms with E-state index in [2.05, 4.69) is 4.98 Å². The van der Waals surface area contributed by atoms with Crippen LogP contribution in [0.4, 0.5) is 0 Å². The summed E-state index contributed by atoms with van der Waals surface area (Å²) < 4.78 is 35.5. The van der Waals surface area contributed by atoms with Gasteiger partial charge in [0.05, 0.1) is 29.8 Å². The van der Waals surface area contributed by atoms with Gasteiger partial charge in [0.25, 0.3) is 11.1 Å². The Morgan fingerprint density at radius 3 is 2.68 bits per heavy atom. The molecule has 0 N–H and O–H groups in total. The Morgan fingerprint density at radius 1 is 1.21 bits per heavy atom. The smallest absolute Gasteiger partial charge is 0.274 e. The topological polar surface area (TPSA) is 85.8 Å². The SMILES string of the molecule is COc1cccc2sc(OC3CN(C(=O)c4cccc(S(C)(=O)=O)c4)C3)nc12. The average molecular weight is 418 g/mol. The molecule has 1 fully saturated rings. The van der Waals surface area contributed by atoms with Crippen molar-refractivity contribution in [3.05, 3.63) is 48.0 Å². The Hall–Kier alpha value is -2.65. The first-order valence-corrected chi connectivity index (χ1v) is 11.3. The molecule has 9 heteroatoms. The standard InChI is InChI=1S/C19H18N2O5S2/c1-25-15-7-4-8-16-17(15)20-19(27-16)26-13-10-21(11-13)18(22)12-5-3-6-14(9-12)28(2,23)24/h3-9,13H,10-11H2,1-2H3. The van der Waals surface area contributed by atoms with Gasteiger partial charge in [0, 0.05) is 11.8 Å². The van der Waals surface area contributed by atoms with Gasteiger partial charge < -0.3 is 14.4 Å². The fourth-order valence-electron chi connectivity index (χ4n) is 2.98. The van der Waals surface area contributed by atoms with Crippen molar-refractivity contribution in [3.63, 3.8) is 0 Å². The zero-order valence-electron chi connectivity index (χ0n) is 15.3. The Morgan fingerprint density at radius 2 is 1.96 bits per heavy atom. The summed E-state index contributed by atoms with van der Waals surface area (Å²) in [5.41, 5.74) is 1.11. The number of thiazole rings is 1. The molecule has 1 aromatic heterocycles. The van der Waals surface area contributed by atoms with Crippen molar-refractivity contribution < 1.29 is 22.7 Å². The molecule has 0 atom stereocenters. The van der Waals surface area contributed by atoms with Crippen LogP contribution in [0.2, 0.25) is 0 Å². The summed E-state index contributed by atoms with van der Waals surface area (Å²) in [5.74, 6) is 0.482. The van der Waals surface area contributed by atoms with Gasteiger partial charge in [-0.15, -0.1) is 0 Å². The van der Waals surface area contributed by atoms with Crippen molar-refractivity contribution in [2.45, 2.75) is 11.0 Å². The number of benzene rings is 2. The van der Waals surface area contributed by atoms with E-state index in [1.165, 1.54) is 23.5 Å². The molecule has 1 aliphatic heterocycles. The summed E-state index contributed by atoms with van der Waals surface area (Å²) in [7, 11) is -1.76. The van der Waals surface area contributed by atoms with Crippen LogP contribution in [-0.2, 0) is 9.84 Å². The lowest BCUT2D eigenvalue weighted by Gasteiger charge is -2.38. The third kappa shape index (κ3) is 3.55. The van der Waals surface area contributed by atoms with Crippen molar-refractivity contribution in [1.82, 2.24) is 9.88 Å². The zero-order chi connectivity index (χ0) is 19.9. The van der Waals surface area contributed by atoms with Crippen LogP contribution < -0.4 is 9.47 Å². The van der Waals surface area contributed by atoms with Crippen LogP contribution in [0.25, 0.3) is 10.2 Å². The van der Waals surface area contributed by atoms with Crippen LogP contribution in [0, 0.1) is 0 Å². The lowest BCUT2D eigenvalue weighted by molar-refractivity contribution is 0.0177. The number of carbonyl (C=O) groups is 1. The Bertz CT molecular complexity index is 1150. The summed E-state index contributed by atoms with van der Waals surface area (Å²) in [6, 6.07) is 11.8. The second-order valence-electron chi connectivity index (χ2n) is 6.54. The number of fused-ring (bicyclic) bond motifs is 1. The predicted octanol–water partition coefficient (Wildman–Crippen LogP) is 2.61. The maximum absolute atomic E-state index is 12.6. The second kappa shape index (κ2) is 7.06. The van der Waals surface area contributed by atoms with E-state index in [9.17, 15) is 13.2 Å². The second-order valence-corrected chi connectivity index (χ2v) is 9.55. The maximum atomic E-state index is 12.6. The number of hydrogen-bond donors (Lipinski definition) is 0. The third-order valence-electron chi connectivity index (χ3n) is 4.49. The van der Waals surface area contributed by atoms with Crippen LogP contribution in [-0.4, -0.2) is 56.8 Å². The van der Waals surface area contributed by atoms with Crippen molar-refractivity contribution in [2.24, 2.45) is 0 Å². The molecule has 0 unspecified atom stereocenters. The number of sulfone groups is 1. The van der Waals surface area contributed by atoms with E-state index in [1.54, 1.807) is 24.1 Å². The van der Waals surface area contributed by atoms with E-state index >= 15 is 0 Å². The van der Waals surface area contributed by atoms with E-state index in [-0.39, 0.29) is 16.9 Å².